The second kappa shape index (κ2) is 4.55. The molecule has 84 valence electrons. The lowest BCUT2D eigenvalue weighted by Gasteiger charge is -2.31. The van der Waals surface area contributed by atoms with E-state index < -0.39 is 11.4 Å². The number of rotatable bonds is 3. The highest BCUT2D eigenvalue weighted by Gasteiger charge is 2.46. The van der Waals surface area contributed by atoms with Crippen molar-refractivity contribution in [2.75, 3.05) is 6.61 Å². The molecule has 0 N–H and O–H groups in total. The molecule has 1 fully saturated rings. The van der Waals surface area contributed by atoms with Crippen LogP contribution in [0.3, 0.4) is 0 Å². The molecule has 1 aliphatic carbocycles. The van der Waals surface area contributed by atoms with Crippen molar-refractivity contribution in [1.29, 1.82) is 0 Å². The molecule has 4 heteroatoms. The first-order valence-corrected chi connectivity index (χ1v) is 5.23. The molecule has 1 aliphatic rings. The van der Waals surface area contributed by atoms with Crippen LogP contribution in [-0.2, 0) is 19.1 Å². The Morgan fingerprint density at radius 2 is 1.87 bits per heavy atom. The van der Waals surface area contributed by atoms with E-state index in [0.29, 0.717) is 25.7 Å². The Labute approximate surface area is 89.0 Å². The van der Waals surface area contributed by atoms with E-state index in [2.05, 4.69) is 0 Å². The molecule has 0 aliphatic heterocycles. The van der Waals surface area contributed by atoms with E-state index >= 15 is 0 Å². The van der Waals surface area contributed by atoms with Gasteiger partial charge in [0.1, 0.15) is 17.0 Å². The van der Waals surface area contributed by atoms with Gasteiger partial charge in [-0.3, -0.25) is 14.4 Å². The van der Waals surface area contributed by atoms with E-state index in [-0.39, 0.29) is 18.2 Å². The van der Waals surface area contributed by atoms with Gasteiger partial charge in [0.2, 0.25) is 0 Å². The van der Waals surface area contributed by atoms with Gasteiger partial charge in [-0.25, -0.2) is 0 Å². The molecule has 0 aromatic rings. The van der Waals surface area contributed by atoms with Gasteiger partial charge in [0.05, 0.1) is 6.61 Å². The van der Waals surface area contributed by atoms with Crippen molar-refractivity contribution >= 4 is 17.5 Å². The fraction of sp³-hybridized carbons (Fsp3) is 0.727. The van der Waals surface area contributed by atoms with Gasteiger partial charge in [-0.1, -0.05) is 0 Å². The maximum absolute atomic E-state index is 11.7. The molecule has 0 saturated heterocycles. The van der Waals surface area contributed by atoms with Gasteiger partial charge in [-0.2, -0.15) is 0 Å². The van der Waals surface area contributed by atoms with Crippen molar-refractivity contribution in [3.05, 3.63) is 0 Å². The van der Waals surface area contributed by atoms with Gasteiger partial charge in [0.25, 0.3) is 0 Å². The third kappa shape index (κ3) is 2.25. The zero-order valence-corrected chi connectivity index (χ0v) is 9.17. The Balaban J connectivity index is 2.84. The predicted octanol–water partition coefficient (Wildman–Crippen LogP) is 1.27. The molecule has 0 radical (unpaired) electrons. The van der Waals surface area contributed by atoms with Gasteiger partial charge in [0, 0.05) is 12.8 Å². The highest BCUT2D eigenvalue weighted by atomic mass is 16.5. The zero-order chi connectivity index (χ0) is 11.5. The number of Topliss-reactive ketones (excluding diaryl/α,β-unsaturated/α-hetero) is 2. The smallest absolute Gasteiger partial charge is 0.319 e. The summed E-state index contributed by atoms with van der Waals surface area (Å²) < 4.78 is 4.91. The van der Waals surface area contributed by atoms with Crippen molar-refractivity contribution in [1.82, 2.24) is 0 Å². The summed E-state index contributed by atoms with van der Waals surface area (Å²) >= 11 is 0. The molecule has 4 nitrogen and oxygen atoms in total. The van der Waals surface area contributed by atoms with Crippen LogP contribution in [0, 0.1) is 5.41 Å². The molecular weight excluding hydrogens is 196 g/mol. The molecule has 0 atom stereocenters. The lowest BCUT2D eigenvalue weighted by Crippen LogP contribution is -2.42. The summed E-state index contributed by atoms with van der Waals surface area (Å²) in [5.41, 5.74) is -1.05. The minimum atomic E-state index is -1.05. The lowest BCUT2D eigenvalue weighted by molar-refractivity contribution is -0.162. The number of carbonyl (C=O) groups is 3. The summed E-state index contributed by atoms with van der Waals surface area (Å²) in [7, 11) is 0. The number of ketones is 2. The van der Waals surface area contributed by atoms with Gasteiger partial charge in [-0.05, 0) is 26.7 Å². The molecule has 0 spiro atoms. The Bertz CT molecular complexity index is 283. The molecule has 0 unspecified atom stereocenters. The highest BCUT2D eigenvalue weighted by Crippen LogP contribution is 2.37. The second-order valence-corrected chi connectivity index (χ2v) is 3.90. The standard InChI is InChI=1S/C11H16O4/c1-3-15-10(14)11(8(2)12)6-4-9(13)5-7-11/h3-7H2,1-2H3. The van der Waals surface area contributed by atoms with E-state index in [1.165, 1.54) is 6.92 Å². The maximum Gasteiger partial charge on any atom is 0.319 e. The van der Waals surface area contributed by atoms with E-state index in [4.69, 9.17) is 4.74 Å². The first-order valence-electron chi connectivity index (χ1n) is 5.23. The first kappa shape index (κ1) is 11.9. The molecule has 0 aromatic carbocycles. The normalized spacial score (nSPS) is 19.7. The molecule has 1 saturated carbocycles. The van der Waals surface area contributed by atoms with Gasteiger partial charge < -0.3 is 4.74 Å². The summed E-state index contributed by atoms with van der Waals surface area (Å²) in [6.07, 6.45) is 1.22. The quantitative estimate of drug-likeness (QED) is 0.522. The van der Waals surface area contributed by atoms with Crippen molar-refractivity contribution in [2.24, 2.45) is 5.41 Å². The minimum Gasteiger partial charge on any atom is -0.465 e. The summed E-state index contributed by atoms with van der Waals surface area (Å²) in [5, 5.41) is 0. The molecule has 0 aromatic heterocycles. The second-order valence-electron chi connectivity index (χ2n) is 3.90. The monoisotopic (exact) mass is 212 g/mol. The first-order chi connectivity index (χ1) is 7.03. The Morgan fingerprint density at radius 1 is 1.33 bits per heavy atom. The van der Waals surface area contributed by atoms with Crippen molar-refractivity contribution in [3.8, 4) is 0 Å². The van der Waals surface area contributed by atoms with Crippen molar-refractivity contribution < 1.29 is 19.1 Å². The van der Waals surface area contributed by atoms with Gasteiger partial charge >= 0.3 is 5.97 Å². The Morgan fingerprint density at radius 3 is 2.27 bits per heavy atom. The van der Waals surface area contributed by atoms with Crippen LogP contribution in [-0.4, -0.2) is 24.1 Å². The van der Waals surface area contributed by atoms with Crippen molar-refractivity contribution in [2.45, 2.75) is 39.5 Å². The summed E-state index contributed by atoms with van der Waals surface area (Å²) in [6, 6.07) is 0. The van der Waals surface area contributed by atoms with Crippen LogP contribution in [0.15, 0.2) is 0 Å². The van der Waals surface area contributed by atoms with Gasteiger partial charge in [0.15, 0.2) is 0 Å². The number of esters is 1. The fourth-order valence-corrected chi connectivity index (χ4v) is 1.92. The van der Waals surface area contributed by atoms with Crippen LogP contribution >= 0.6 is 0 Å². The highest BCUT2D eigenvalue weighted by molar-refractivity contribution is 6.04. The molecule has 0 heterocycles. The molecule has 0 bridgehead atoms. The summed E-state index contributed by atoms with van der Waals surface area (Å²) in [6.45, 7) is 3.37. The minimum absolute atomic E-state index is 0.121. The SMILES string of the molecule is CCOC(=O)C1(C(C)=O)CCC(=O)CC1. The topological polar surface area (TPSA) is 60.4 Å². The third-order valence-electron chi connectivity index (χ3n) is 3.00. The van der Waals surface area contributed by atoms with Crippen LogP contribution in [0.1, 0.15) is 39.5 Å². The van der Waals surface area contributed by atoms with Crippen molar-refractivity contribution in [3.63, 3.8) is 0 Å². The van der Waals surface area contributed by atoms with Crippen LogP contribution in [0.25, 0.3) is 0 Å². The fourth-order valence-electron chi connectivity index (χ4n) is 1.92. The molecule has 0 amide bonds. The largest absolute Gasteiger partial charge is 0.465 e. The summed E-state index contributed by atoms with van der Waals surface area (Å²) in [4.78, 5) is 34.3. The zero-order valence-electron chi connectivity index (χ0n) is 9.17. The maximum atomic E-state index is 11.7. The molecule has 1 rings (SSSR count). The Hall–Kier alpha value is -1.19. The van der Waals surface area contributed by atoms with Crippen LogP contribution in [0.4, 0.5) is 0 Å². The van der Waals surface area contributed by atoms with Crippen LogP contribution in [0.2, 0.25) is 0 Å². The van der Waals surface area contributed by atoms with E-state index in [1.807, 2.05) is 0 Å². The lowest BCUT2D eigenvalue weighted by atomic mass is 9.71. The van der Waals surface area contributed by atoms with E-state index in [1.54, 1.807) is 6.92 Å². The van der Waals surface area contributed by atoms with Crippen LogP contribution < -0.4 is 0 Å². The van der Waals surface area contributed by atoms with E-state index in [0.717, 1.165) is 0 Å². The Kier molecular flexibility index (Phi) is 3.61. The van der Waals surface area contributed by atoms with E-state index in [9.17, 15) is 14.4 Å². The average molecular weight is 212 g/mol. The van der Waals surface area contributed by atoms with Gasteiger partial charge in [-0.15, -0.1) is 0 Å². The third-order valence-corrected chi connectivity index (χ3v) is 3.00. The number of carbonyl (C=O) groups excluding carboxylic acids is 3. The summed E-state index contributed by atoms with van der Waals surface area (Å²) in [5.74, 6) is -0.533. The number of hydrogen-bond acceptors (Lipinski definition) is 4. The molecule has 15 heavy (non-hydrogen) atoms. The van der Waals surface area contributed by atoms with Crippen LogP contribution in [0.5, 0.6) is 0 Å². The molecular formula is C11H16O4. The average Bonchev–Trinajstić information content (AvgIpc) is 2.19. The number of hydrogen-bond donors (Lipinski definition) is 0. The number of ether oxygens (including phenoxy) is 1. The predicted molar refractivity (Wildman–Crippen MR) is 53.2 cm³/mol.